The number of anilines is 1. The summed E-state index contributed by atoms with van der Waals surface area (Å²) in [5, 5.41) is 10.1. The van der Waals surface area contributed by atoms with Gasteiger partial charge in [0.15, 0.2) is 0 Å². The molecule has 4 heteroatoms. The largest absolute Gasteiger partial charge is 0.324 e. The van der Waals surface area contributed by atoms with Crippen LogP contribution in [-0.4, -0.2) is 12.5 Å². The molecule has 0 bridgehead atoms. The van der Waals surface area contributed by atoms with Crippen LogP contribution >= 0.6 is 11.3 Å². The van der Waals surface area contributed by atoms with Crippen molar-refractivity contribution < 1.29 is 4.79 Å². The molecule has 18 heavy (non-hydrogen) atoms. The highest BCUT2D eigenvalue weighted by Gasteiger charge is 2.25. The van der Waals surface area contributed by atoms with E-state index in [9.17, 15) is 4.79 Å². The van der Waals surface area contributed by atoms with Crippen molar-refractivity contribution >= 4 is 22.9 Å². The predicted molar refractivity (Wildman–Crippen MR) is 73.8 cm³/mol. The number of rotatable bonds is 2. The Kier molecular flexibility index (Phi) is 3.13. The maximum atomic E-state index is 12.3. The van der Waals surface area contributed by atoms with Gasteiger partial charge in [-0.2, -0.15) is 11.3 Å². The topological polar surface area (TPSA) is 41.1 Å². The fraction of sp³-hybridized carbons (Fsp3) is 0.214. The number of carbonyl (C=O) groups is 1. The number of nitrogens with one attached hydrogen (secondary N) is 2. The molecule has 0 spiro atoms. The van der Waals surface area contributed by atoms with Crippen molar-refractivity contribution in [2.75, 3.05) is 11.9 Å². The van der Waals surface area contributed by atoms with E-state index in [1.165, 1.54) is 5.56 Å². The first-order chi connectivity index (χ1) is 8.84. The van der Waals surface area contributed by atoms with Gasteiger partial charge in [0.25, 0.3) is 0 Å². The summed E-state index contributed by atoms with van der Waals surface area (Å²) >= 11 is 1.58. The smallest absolute Gasteiger partial charge is 0.246 e. The van der Waals surface area contributed by atoms with E-state index in [1.54, 1.807) is 11.3 Å². The number of hydrogen-bond donors (Lipinski definition) is 2. The van der Waals surface area contributed by atoms with E-state index in [4.69, 9.17) is 0 Å². The molecule has 92 valence electrons. The van der Waals surface area contributed by atoms with Crippen LogP contribution in [0.2, 0.25) is 0 Å². The van der Waals surface area contributed by atoms with E-state index in [2.05, 4.69) is 16.7 Å². The van der Waals surface area contributed by atoms with Gasteiger partial charge in [-0.3, -0.25) is 4.79 Å². The van der Waals surface area contributed by atoms with Crippen molar-refractivity contribution in [2.24, 2.45) is 0 Å². The molecule has 3 nitrogen and oxygen atoms in total. The Balaban J connectivity index is 1.83. The summed E-state index contributed by atoms with van der Waals surface area (Å²) in [6, 6.07) is 9.81. The van der Waals surface area contributed by atoms with E-state index >= 15 is 0 Å². The van der Waals surface area contributed by atoms with Gasteiger partial charge < -0.3 is 10.6 Å². The molecular formula is C14H14N2OS. The SMILES string of the molecule is O=C(Nc1ccsc1)C1NCCc2ccccc21. The molecule has 0 aliphatic carbocycles. The molecule has 0 saturated carbocycles. The van der Waals surface area contributed by atoms with Gasteiger partial charge in [-0.05, 0) is 29.0 Å². The van der Waals surface area contributed by atoms with Crippen LogP contribution in [0.5, 0.6) is 0 Å². The Morgan fingerprint density at radius 3 is 3.06 bits per heavy atom. The van der Waals surface area contributed by atoms with Gasteiger partial charge in [0.1, 0.15) is 6.04 Å². The Hall–Kier alpha value is -1.65. The number of amides is 1. The molecule has 1 amide bonds. The summed E-state index contributed by atoms with van der Waals surface area (Å²) < 4.78 is 0. The minimum Gasteiger partial charge on any atom is -0.324 e. The summed E-state index contributed by atoms with van der Waals surface area (Å²) in [4.78, 5) is 12.3. The standard InChI is InChI=1S/C14H14N2OS/c17-14(16-11-6-8-18-9-11)13-12-4-2-1-3-10(12)5-7-15-13/h1-4,6,8-9,13,15H,5,7H2,(H,16,17). The molecule has 0 saturated heterocycles. The highest BCUT2D eigenvalue weighted by Crippen LogP contribution is 2.24. The third-order valence-corrected chi connectivity index (χ3v) is 3.84. The normalized spacial score (nSPS) is 18.1. The average Bonchev–Trinajstić information content (AvgIpc) is 2.91. The Morgan fingerprint density at radius 2 is 2.22 bits per heavy atom. The van der Waals surface area contributed by atoms with E-state index < -0.39 is 0 Å². The van der Waals surface area contributed by atoms with Crippen LogP contribution < -0.4 is 10.6 Å². The minimum absolute atomic E-state index is 0.0144. The molecule has 1 unspecified atom stereocenters. The lowest BCUT2D eigenvalue weighted by Crippen LogP contribution is -2.38. The van der Waals surface area contributed by atoms with Crippen molar-refractivity contribution in [2.45, 2.75) is 12.5 Å². The number of carbonyl (C=O) groups excluding carboxylic acids is 1. The molecule has 1 aromatic heterocycles. The molecular weight excluding hydrogens is 244 g/mol. The summed E-state index contributed by atoms with van der Waals surface area (Å²) in [7, 11) is 0. The zero-order valence-electron chi connectivity index (χ0n) is 9.85. The van der Waals surface area contributed by atoms with E-state index in [-0.39, 0.29) is 11.9 Å². The lowest BCUT2D eigenvalue weighted by Gasteiger charge is -2.25. The molecule has 3 rings (SSSR count). The highest BCUT2D eigenvalue weighted by molar-refractivity contribution is 7.08. The van der Waals surface area contributed by atoms with E-state index in [0.29, 0.717) is 0 Å². The molecule has 1 aromatic carbocycles. The third kappa shape index (κ3) is 2.17. The monoisotopic (exact) mass is 258 g/mol. The van der Waals surface area contributed by atoms with Gasteiger partial charge in [0.2, 0.25) is 5.91 Å². The van der Waals surface area contributed by atoms with Crippen LogP contribution in [0.1, 0.15) is 17.2 Å². The van der Waals surface area contributed by atoms with E-state index in [1.807, 2.05) is 35.0 Å². The number of benzene rings is 1. The summed E-state index contributed by atoms with van der Waals surface area (Å²) in [5.74, 6) is 0.0144. The zero-order valence-corrected chi connectivity index (χ0v) is 10.7. The van der Waals surface area contributed by atoms with Gasteiger partial charge >= 0.3 is 0 Å². The Bertz CT molecular complexity index is 551. The average molecular weight is 258 g/mol. The van der Waals surface area contributed by atoms with Crippen LogP contribution in [0.25, 0.3) is 0 Å². The molecule has 2 aromatic rings. The second-order valence-electron chi connectivity index (χ2n) is 4.34. The van der Waals surface area contributed by atoms with Gasteiger partial charge in [-0.15, -0.1) is 0 Å². The van der Waals surface area contributed by atoms with Crippen LogP contribution in [0.4, 0.5) is 5.69 Å². The van der Waals surface area contributed by atoms with Gasteiger partial charge in [0, 0.05) is 11.9 Å². The van der Waals surface area contributed by atoms with Crippen molar-refractivity contribution in [1.29, 1.82) is 0 Å². The zero-order chi connectivity index (χ0) is 12.4. The van der Waals surface area contributed by atoms with Gasteiger partial charge in [-0.25, -0.2) is 0 Å². The van der Waals surface area contributed by atoms with Crippen molar-refractivity contribution in [1.82, 2.24) is 5.32 Å². The molecule has 1 aliphatic heterocycles. The Morgan fingerprint density at radius 1 is 1.33 bits per heavy atom. The maximum absolute atomic E-state index is 12.3. The fourth-order valence-corrected chi connectivity index (χ4v) is 2.88. The first kappa shape index (κ1) is 11.4. The van der Waals surface area contributed by atoms with Crippen LogP contribution in [0.15, 0.2) is 41.1 Å². The molecule has 1 aliphatic rings. The van der Waals surface area contributed by atoms with Crippen LogP contribution in [-0.2, 0) is 11.2 Å². The summed E-state index contributed by atoms with van der Waals surface area (Å²) in [5.41, 5.74) is 3.23. The van der Waals surface area contributed by atoms with Crippen molar-refractivity contribution in [3.63, 3.8) is 0 Å². The third-order valence-electron chi connectivity index (χ3n) is 3.16. The minimum atomic E-state index is -0.241. The van der Waals surface area contributed by atoms with E-state index in [0.717, 1.165) is 24.2 Å². The molecule has 2 N–H and O–H groups in total. The highest BCUT2D eigenvalue weighted by atomic mass is 32.1. The number of thiophene rings is 1. The van der Waals surface area contributed by atoms with Crippen LogP contribution in [0.3, 0.4) is 0 Å². The Labute approximate surface area is 110 Å². The quantitative estimate of drug-likeness (QED) is 0.869. The van der Waals surface area contributed by atoms with Crippen LogP contribution in [0, 0.1) is 0 Å². The number of fused-ring (bicyclic) bond motifs is 1. The second kappa shape index (κ2) is 4.92. The lowest BCUT2D eigenvalue weighted by atomic mass is 9.94. The molecule has 0 radical (unpaired) electrons. The summed E-state index contributed by atoms with van der Waals surface area (Å²) in [6.45, 7) is 0.846. The predicted octanol–water partition coefficient (Wildman–Crippen LogP) is 2.57. The first-order valence-electron chi connectivity index (χ1n) is 5.99. The van der Waals surface area contributed by atoms with Crippen molar-refractivity contribution in [3.8, 4) is 0 Å². The molecule has 0 fully saturated rings. The van der Waals surface area contributed by atoms with Gasteiger partial charge in [-0.1, -0.05) is 24.3 Å². The molecule has 1 atom stereocenters. The van der Waals surface area contributed by atoms with Crippen molar-refractivity contribution in [3.05, 3.63) is 52.2 Å². The first-order valence-corrected chi connectivity index (χ1v) is 6.93. The number of hydrogen-bond acceptors (Lipinski definition) is 3. The fourth-order valence-electron chi connectivity index (χ4n) is 2.29. The lowest BCUT2D eigenvalue weighted by molar-refractivity contribution is -0.118. The summed E-state index contributed by atoms with van der Waals surface area (Å²) in [6.07, 6.45) is 0.985. The van der Waals surface area contributed by atoms with Gasteiger partial charge in [0.05, 0.1) is 5.69 Å². The molecule has 2 heterocycles. The maximum Gasteiger partial charge on any atom is 0.246 e. The second-order valence-corrected chi connectivity index (χ2v) is 5.12.